The van der Waals surface area contributed by atoms with E-state index in [2.05, 4.69) is 34.6 Å². The summed E-state index contributed by atoms with van der Waals surface area (Å²) < 4.78 is 13.3. The van der Waals surface area contributed by atoms with E-state index in [0.717, 1.165) is 24.5 Å². The van der Waals surface area contributed by atoms with Crippen molar-refractivity contribution < 1.29 is 4.39 Å². The zero-order chi connectivity index (χ0) is 17.8. The maximum atomic E-state index is 13.3. The fourth-order valence-electron chi connectivity index (χ4n) is 2.51. The summed E-state index contributed by atoms with van der Waals surface area (Å²) in [5.74, 6) is 0.636. The minimum absolute atomic E-state index is 0. The van der Waals surface area contributed by atoms with E-state index in [0.29, 0.717) is 12.1 Å². The lowest BCUT2D eigenvalue weighted by Gasteiger charge is -2.12. The summed E-state index contributed by atoms with van der Waals surface area (Å²) in [6.07, 6.45) is 6.26. The number of guanidine groups is 1. The molecule has 0 amide bonds. The number of unbranched alkanes of at least 4 members (excludes halogenated alkanes) is 4. The Hall–Kier alpha value is -0.890. The van der Waals surface area contributed by atoms with Crippen LogP contribution >= 0.6 is 24.0 Å². The van der Waals surface area contributed by atoms with Crippen molar-refractivity contribution in [2.45, 2.75) is 45.6 Å². The van der Waals surface area contributed by atoms with Crippen molar-refractivity contribution in [1.82, 2.24) is 15.5 Å². The number of halogens is 2. The highest BCUT2D eigenvalue weighted by Crippen LogP contribution is 2.08. The Morgan fingerprint density at radius 2 is 1.76 bits per heavy atom. The summed E-state index contributed by atoms with van der Waals surface area (Å²) in [5.41, 5.74) is 1.73. The molecular weight excluding hydrogens is 430 g/mol. The highest BCUT2D eigenvalue weighted by atomic mass is 127. The molecule has 0 heterocycles. The number of hydrogen-bond acceptors (Lipinski definition) is 2. The topological polar surface area (TPSA) is 39.7 Å². The van der Waals surface area contributed by atoms with Gasteiger partial charge in [-0.2, -0.15) is 0 Å². The smallest absolute Gasteiger partial charge is 0.191 e. The van der Waals surface area contributed by atoms with Crippen LogP contribution in [0.2, 0.25) is 0 Å². The first kappa shape index (κ1) is 24.1. The van der Waals surface area contributed by atoms with Crippen molar-refractivity contribution in [3.05, 3.63) is 35.1 Å². The molecule has 1 rings (SSSR count). The summed E-state index contributed by atoms with van der Waals surface area (Å²) in [4.78, 5) is 6.46. The standard InChI is InChI=1S/C19H33FN4.HI/c1-16-14-17(10-11-18(16)20)15-23-19(21-2)22-12-8-6-5-7-9-13-24(3)4;/h10-11,14H,5-9,12-13,15H2,1-4H3,(H2,21,22,23);1H. The number of nitrogens with one attached hydrogen (secondary N) is 2. The summed E-state index contributed by atoms with van der Waals surface area (Å²) in [7, 11) is 6.01. The largest absolute Gasteiger partial charge is 0.356 e. The maximum Gasteiger partial charge on any atom is 0.191 e. The first-order valence-corrected chi connectivity index (χ1v) is 8.87. The molecule has 0 saturated carbocycles. The molecule has 4 nitrogen and oxygen atoms in total. The van der Waals surface area contributed by atoms with Gasteiger partial charge in [-0.25, -0.2) is 4.39 Å². The summed E-state index contributed by atoms with van der Waals surface area (Å²) in [5, 5.41) is 6.60. The third-order valence-corrected chi connectivity index (χ3v) is 3.98. The lowest BCUT2D eigenvalue weighted by molar-refractivity contribution is 0.389. The Balaban J connectivity index is 0.00000576. The van der Waals surface area contributed by atoms with Gasteiger partial charge in [0.05, 0.1) is 0 Å². The molecular formula is C19H34FIN4. The molecule has 0 fully saturated rings. The molecule has 0 bridgehead atoms. The lowest BCUT2D eigenvalue weighted by Crippen LogP contribution is -2.37. The van der Waals surface area contributed by atoms with Crippen molar-refractivity contribution in [3.63, 3.8) is 0 Å². The number of benzene rings is 1. The highest BCUT2D eigenvalue weighted by Gasteiger charge is 2.01. The van der Waals surface area contributed by atoms with Crippen molar-refractivity contribution in [3.8, 4) is 0 Å². The molecule has 0 saturated heterocycles. The molecule has 0 aliphatic heterocycles. The van der Waals surface area contributed by atoms with Gasteiger partial charge in [-0.1, -0.05) is 31.4 Å². The maximum absolute atomic E-state index is 13.3. The van der Waals surface area contributed by atoms with Gasteiger partial charge in [0.15, 0.2) is 5.96 Å². The summed E-state index contributed by atoms with van der Waals surface area (Å²) >= 11 is 0. The Labute approximate surface area is 169 Å². The fourth-order valence-corrected chi connectivity index (χ4v) is 2.51. The van der Waals surface area contributed by atoms with Crippen LogP contribution < -0.4 is 10.6 Å². The third kappa shape index (κ3) is 11.4. The van der Waals surface area contributed by atoms with E-state index in [1.165, 1.54) is 38.3 Å². The van der Waals surface area contributed by atoms with Crippen molar-refractivity contribution >= 4 is 29.9 Å². The van der Waals surface area contributed by atoms with Gasteiger partial charge >= 0.3 is 0 Å². The third-order valence-electron chi connectivity index (χ3n) is 3.98. The van der Waals surface area contributed by atoms with E-state index >= 15 is 0 Å². The Kier molecular flexibility index (Phi) is 13.8. The van der Waals surface area contributed by atoms with Crippen LogP contribution in [0.15, 0.2) is 23.2 Å². The molecule has 0 spiro atoms. The van der Waals surface area contributed by atoms with Crippen LogP contribution in [0, 0.1) is 12.7 Å². The van der Waals surface area contributed by atoms with Crippen LogP contribution in [0.25, 0.3) is 0 Å². The minimum atomic E-state index is -0.160. The van der Waals surface area contributed by atoms with Gasteiger partial charge in [-0.05, 0) is 57.6 Å². The minimum Gasteiger partial charge on any atom is -0.356 e. The van der Waals surface area contributed by atoms with Crippen molar-refractivity contribution in [2.24, 2.45) is 4.99 Å². The number of nitrogens with zero attached hydrogens (tertiary/aromatic N) is 2. The second-order valence-corrected chi connectivity index (χ2v) is 6.51. The van der Waals surface area contributed by atoms with Crippen LogP contribution in [0.4, 0.5) is 4.39 Å². The van der Waals surface area contributed by atoms with E-state index in [1.54, 1.807) is 20.0 Å². The molecule has 6 heteroatoms. The van der Waals surface area contributed by atoms with Crippen LogP contribution in [0.5, 0.6) is 0 Å². The van der Waals surface area contributed by atoms with Gasteiger partial charge in [0.25, 0.3) is 0 Å². The van der Waals surface area contributed by atoms with Gasteiger partial charge in [0.1, 0.15) is 5.82 Å². The van der Waals surface area contributed by atoms with Crippen molar-refractivity contribution in [2.75, 3.05) is 34.2 Å². The molecule has 0 radical (unpaired) electrons. The number of aliphatic imine (C=N–C) groups is 1. The van der Waals surface area contributed by atoms with E-state index in [1.807, 2.05) is 6.07 Å². The number of aryl methyl sites for hydroxylation is 1. The van der Waals surface area contributed by atoms with E-state index < -0.39 is 0 Å². The molecule has 0 unspecified atom stereocenters. The van der Waals surface area contributed by atoms with Gasteiger partial charge < -0.3 is 15.5 Å². The van der Waals surface area contributed by atoms with Gasteiger partial charge in [-0.3, -0.25) is 4.99 Å². The SMILES string of the molecule is CN=C(NCCCCCCCN(C)C)NCc1ccc(F)c(C)c1.I. The van der Waals surface area contributed by atoms with Crippen molar-refractivity contribution in [1.29, 1.82) is 0 Å². The quantitative estimate of drug-likeness (QED) is 0.239. The highest BCUT2D eigenvalue weighted by molar-refractivity contribution is 14.0. The van der Waals surface area contributed by atoms with Crippen LogP contribution in [-0.4, -0.2) is 45.1 Å². The molecule has 0 aliphatic rings. The molecule has 144 valence electrons. The zero-order valence-corrected chi connectivity index (χ0v) is 18.4. The normalized spacial score (nSPS) is 11.4. The fraction of sp³-hybridized carbons (Fsp3) is 0.632. The van der Waals surface area contributed by atoms with E-state index in [4.69, 9.17) is 0 Å². The average molecular weight is 464 g/mol. The molecule has 1 aromatic carbocycles. The Morgan fingerprint density at radius 3 is 2.40 bits per heavy atom. The molecule has 0 atom stereocenters. The average Bonchev–Trinajstić information content (AvgIpc) is 2.55. The first-order chi connectivity index (χ1) is 11.5. The number of rotatable bonds is 10. The first-order valence-electron chi connectivity index (χ1n) is 8.87. The monoisotopic (exact) mass is 464 g/mol. The van der Waals surface area contributed by atoms with Gasteiger partial charge in [-0.15, -0.1) is 24.0 Å². The van der Waals surface area contributed by atoms with E-state index in [-0.39, 0.29) is 29.8 Å². The van der Waals surface area contributed by atoms with Gasteiger partial charge in [0, 0.05) is 20.1 Å². The predicted molar refractivity (Wildman–Crippen MR) is 116 cm³/mol. The van der Waals surface area contributed by atoms with Crippen LogP contribution in [0.1, 0.15) is 43.2 Å². The van der Waals surface area contributed by atoms with Crippen LogP contribution in [-0.2, 0) is 6.54 Å². The van der Waals surface area contributed by atoms with Crippen LogP contribution in [0.3, 0.4) is 0 Å². The second kappa shape index (κ2) is 14.3. The lowest BCUT2D eigenvalue weighted by atomic mass is 10.1. The molecule has 0 aromatic heterocycles. The summed E-state index contributed by atoms with van der Waals surface area (Å²) in [6.45, 7) is 4.53. The molecule has 0 aliphatic carbocycles. The summed E-state index contributed by atoms with van der Waals surface area (Å²) in [6, 6.07) is 5.18. The van der Waals surface area contributed by atoms with E-state index in [9.17, 15) is 4.39 Å². The Morgan fingerprint density at radius 1 is 1.08 bits per heavy atom. The molecule has 2 N–H and O–H groups in total. The zero-order valence-electron chi connectivity index (χ0n) is 16.1. The second-order valence-electron chi connectivity index (χ2n) is 6.51. The molecule has 25 heavy (non-hydrogen) atoms. The number of hydrogen-bond donors (Lipinski definition) is 2. The predicted octanol–water partition coefficient (Wildman–Crippen LogP) is 3.93. The molecule has 1 aromatic rings. The Bertz CT molecular complexity index is 506. The van der Waals surface area contributed by atoms with Gasteiger partial charge in [0.2, 0.25) is 0 Å².